The summed E-state index contributed by atoms with van der Waals surface area (Å²) in [6, 6.07) is 5.48. The standard InChI is InChI=1S/C14H17BrN2O/c15-11-4-5-13(16)12(6-11)14(18)17-7-9-2-1-3-10(9)8-17/h4-6,9-10H,1-3,7-8,16H2. The molecule has 1 aromatic rings. The normalized spacial score (nSPS) is 26.4. The summed E-state index contributed by atoms with van der Waals surface area (Å²) in [6.07, 6.45) is 3.89. The molecule has 2 aliphatic rings. The molecule has 2 N–H and O–H groups in total. The van der Waals surface area contributed by atoms with E-state index in [1.807, 2.05) is 17.0 Å². The zero-order valence-corrected chi connectivity index (χ0v) is 11.8. The van der Waals surface area contributed by atoms with Crippen molar-refractivity contribution in [3.8, 4) is 0 Å². The summed E-state index contributed by atoms with van der Waals surface area (Å²) in [5.41, 5.74) is 7.10. The average Bonchev–Trinajstić information content (AvgIpc) is 2.91. The monoisotopic (exact) mass is 308 g/mol. The van der Waals surface area contributed by atoms with Gasteiger partial charge in [-0.25, -0.2) is 0 Å². The maximum absolute atomic E-state index is 12.5. The first-order valence-corrected chi connectivity index (χ1v) is 7.29. The second kappa shape index (κ2) is 4.57. The summed E-state index contributed by atoms with van der Waals surface area (Å²) in [5.74, 6) is 1.54. The molecule has 2 unspecified atom stereocenters. The highest BCUT2D eigenvalue weighted by atomic mass is 79.9. The molecule has 4 heteroatoms. The number of nitrogens with two attached hydrogens (primary N) is 1. The molecule has 0 aromatic heterocycles. The fraction of sp³-hybridized carbons (Fsp3) is 0.500. The van der Waals surface area contributed by atoms with E-state index in [1.54, 1.807) is 6.07 Å². The Labute approximate surface area is 115 Å². The van der Waals surface area contributed by atoms with Crippen LogP contribution in [-0.2, 0) is 0 Å². The fourth-order valence-corrected chi connectivity index (χ4v) is 3.65. The predicted octanol–water partition coefficient (Wildman–Crippen LogP) is 2.90. The first-order valence-electron chi connectivity index (χ1n) is 6.49. The van der Waals surface area contributed by atoms with Crippen LogP contribution in [0.25, 0.3) is 0 Å². The van der Waals surface area contributed by atoms with E-state index in [9.17, 15) is 4.79 Å². The van der Waals surface area contributed by atoms with Gasteiger partial charge in [-0.15, -0.1) is 0 Å². The molecule has 1 saturated heterocycles. The van der Waals surface area contributed by atoms with E-state index in [4.69, 9.17) is 5.73 Å². The van der Waals surface area contributed by atoms with Gasteiger partial charge in [0.2, 0.25) is 0 Å². The van der Waals surface area contributed by atoms with Gasteiger partial charge in [0.05, 0.1) is 5.56 Å². The van der Waals surface area contributed by atoms with Crippen LogP contribution in [0, 0.1) is 11.8 Å². The number of fused-ring (bicyclic) bond motifs is 1. The van der Waals surface area contributed by atoms with Crippen LogP contribution in [0.4, 0.5) is 5.69 Å². The lowest BCUT2D eigenvalue weighted by molar-refractivity contribution is 0.0781. The maximum Gasteiger partial charge on any atom is 0.256 e. The number of likely N-dealkylation sites (tertiary alicyclic amines) is 1. The van der Waals surface area contributed by atoms with Crippen molar-refractivity contribution in [2.45, 2.75) is 19.3 Å². The van der Waals surface area contributed by atoms with Gasteiger partial charge < -0.3 is 10.6 Å². The van der Waals surface area contributed by atoms with Gasteiger partial charge in [0, 0.05) is 23.2 Å². The van der Waals surface area contributed by atoms with Crippen molar-refractivity contribution in [1.82, 2.24) is 4.90 Å². The molecule has 1 amide bonds. The van der Waals surface area contributed by atoms with E-state index < -0.39 is 0 Å². The minimum atomic E-state index is 0.0863. The Hall–Kier alpha value is -1.03. The van der Waals surface area contributed by atoms with Crippen LogP contribution < -0.4 is 5.73 Å². The van der Waals surface area contributed by atoms with E-state index in [-0.39, 0.29) is 5.91 Å². The molecule has 0 bridgehead atoms. The van der Waals surface area contributed by atoms with Gasteiger partial charge in [-0.1, -0.05) is 22.4 Å². The quantitative estimate of drug-likeness (QED) is 0.811. The Morgan fingerprint density at radius 1 is 1.28 bits per heavy atom. The van der Waals surface area contributed by atoms with Gasteiger partial charge in [-0.3, -0.25) is 4.79 Å². The Morgan fingerprint density at radius 3 is 2.61 bits per heavy atom. The van der Waals surface area contributed by atoms with E-state index in [0.29, 0.717) is 11.3 Å². The van der Waals surface area contributed by atoms with Crippen molar-refractivity contribution in [2.24, 2.45) is 11.8 Å². The molecule has 0 spiro atoms. The van der Waals surface area contributed by atoms with Crippen LogP contribution in [-0.4, -0.2) is 23.9 Å². The number of benzene rings is 1. The van der Waals surface area contributed by atoms with Gasteiger partial charge in [-0.05, 0) is 42.9 Å². The van der Waals surface area contributed by atoms with E-state index in [2.05, 4.69) is 15.9 Å². The summed E-state index contributed by atoms with van der Waals surface area (Å²) in [6.45, 7) is 1.82. The van der Waals surface area contributed by atoms with Gasteiger partial charge in [0.25, 0.3) is 5.91 Å². The SMILES string of the molecule is Nc1ccc(Br)cc1C(=O)N1CC2CCCC2C1. The molecule has 96 valence electrons. The molecular formula is C14H17BrN2O. The zero-order valence-electron chi connectivity index (χ0n) is 10.2. The minimum absolute atomic E-state index is 0.0863. The smallest absolute Gasteiger partial charge is 0.256 e. The lowest BCUT2D eigenvalue weighted by Gasteiger charge is -2.18. The third-order valence-corrected chi connectivity index (χ3v) is 4.75. The van der Waals surface area contributed by atoms with Crippen molar-refractivity contribution < 1.29 is 4.79 Å². The van der Waals surface area contributed by atoms with Crippen LogP contribution in [0.3, 0.4) is 0 Å². The molecular weight excluding hydrogens is 292 g/mol. The lowest BCUT2D eigenvalue weighted by atomic mass is 10.0. The Balaban J connectivity index is 1.81. The highest BCUT2D eigenvalue weighted by molar-refractivity contribution is 9.10. The largest absolute Gasteiger partial charge is 0.398 e. The molecule has 18 heavy (non-hydrogen) atoms. The van der Waals surface area contributed by atoms with E-state index in [1.165, 1.54) is 19.3 Å². The maximum atomic E-state index is 12.5. The third kappa shape index (κ3) is 2.03. The number of nitrogen functional groups attached to an aromatic ring is 1. The molecule has 3 nitrogen and oxygen atoms in total. The Kier molecular flexibility index (Phi) is 3.06. The van der Waals surface area contributed by atoms with Crippen molar-refractivity contribution in [3.63, 3.8) is 0 Å². The Morgan fingerprint density at radius 2 is 1.94 bits per heavy atom. The van der Waals surface area contributed by atoms with Crippen molar-refractivity contribution in [2.75, 3.05) is 18.8 Å². The number of hydrogen-bond donors (Lipinski definition) is 1. The van der Waals surface area contributed by atoms with Crippen LogP contribution >= 0.6 is 15.9 Å². The van der Waals surface area contributed by atoms with Crippen molar-refractivity contribution in [1.29, 1.82) is 0 Å². The van der Waals surface area contributed by atoms with E-state index >= 15 is 0 Å². The molecule has 2 atom stereocenters. The molecule has 1 aromatic carbocycles. The summed E-state index contributed by atoms with van der Waals surface area (Å²) < 4.78 is 0.902. The van der Waals surface area contributed by atoms with Crippen molar-refractivity contribution >= 4 is 27.5 Å². The number of carbonyl (C=O) groups is 1. The number of carbonyl (C=O) groups excluding carboxylic acids is 1. The number of halogens is 1. The summed E-state index contributed by atoms with van der Waals surface area (Å²) in [4.78, 5) is 14.5. The van der Waals surface area contributed by atoms with Crippen LogP contribution in [0.15, 0.2) is 22.7 Å². The first-order chi connectivity index (χ1) is 8.65. The third-order valence-electron chi connectivity index (χ3n) is 4.26. The number of amides is 1. The van der Waals surface area contributed by atoms with E-state index in [0.717, 1.165) is 29.4 Å². The molecule has 1 heterocycles. The second-order valence-corrected chi connectivity index (χ2v) is 6.31. The highest BCUT2D eigenvalue weighted by Crippen LogP contribution is 2.38. The van der Waals surface area contributed by atoms with Gasteiger partial charge in [0.15, 0.2) is 0 Å². The topological polar surface area (TPSA) is 46.3 Å². The van der Waals surface area contributed by atoms with Crippen LogP contribution in [0.1, 0.15) is 29.6 Å². The highest BCUT2D eigenvalue weighted by Gasteiger charge is 2.38. The van der Waals surface area contributed by atoms with Gasteiger partial charge in [0.1, 0.15) is 0 Å². The zero-order chi connectivity index (χ0) is 12.7. The van der Waals surface area contributed by atoms with Gasteiger partial charge in [-0.2, -0.15) is 0 Å². The number of rotatable bonds is 1. The molecule has 1 saturated carbocycles. The number of hydrogen-bond acceptors (Lipinski definition) is 2. The van der Waals surface area contributed by atoms with Crippen LogP contribution in [0.2, 0.25) is 0 Å². The van der Waals surface area contributed by atoms with Gasteiger partial charge >= 0.3 is 0 Å². The summed E-state index contributed by atoms with van der Waals surface area (Å²) >= 11 is 3.40. The number of anilines is 1. The summed E-state index contributed by atoms with van der Waals surface area (Å²) in [7, 11) is 0. The predicted molar refractivity (Wildman–Crippen MR) is 75.3 cm³/mol. The fourth-order valence-electron chi connectivity index (χ4n) is 3.28. The lowest BCUT2D eigenvalue weighted by Crippen LogP contribution is -2.30. The first kappa shape index (κ1) is 12.0. The molecule has 3 rings (SSSR count). The Bertz CT molecular complexity index is 477. The molecule has 2 fully saturated rings. The summed E-state index contributed by atoms with van der Waals surface area (Å²) in [5, 5.41) is 0. The minimum Gasteiger partial charge on any atom is -0.398 e. The number of nitrogens with zero attached hydrogens (tertiary/aromatic N) is 1. The molecule has 1 aliphatic heterocycles. The molecule has 1 aliphatic carbocycles. The van der Waals surface area contributed by atoms with Crippen molar-refractivity contribution in [3.05, 3.63) is 28.2 Å². The second-order valence-electron chi connectivity index (χ2n) is 5.39. The van der Waals surface area contributed by atoms with Crippen LogP contribution in [0.5, 0.6) is 0 Å². The molecule has 0 radical (unpaired) electrons. The average molecular weight is 309 g/mol.